The number of phosphoric acid groups is 2. The van der Waals surface area contributed by atoms with Crippen LogP contribution in [0.5, 0.6) is 0 Å². The van der Waals surface area contributed by atoms with Crippen molar-refractivity contribution in [2.24, 2.45) is 17.8 Å². The lowest BCUT2D eigenvalue weighted by atomic mass is 10.0. The zero-order chi connectivity index (χ0) is 74.4. The van der Waals surface area contributed by atoms with Crippen molar-refractivity contribution in [1.29, 1.82) is 0 Å². The average Bonchev–Trinajstić information content (AvgIpc) is 0.921. The number of rotatable bonds is 80. The highest BCUT2D eigenvalue weighted by Gasteiger charge is 2.30. The van der Waals surface area contributed by atoms with Gasteiger partial charge in [-0.3, -0.25) is 37.3 Å². The van der Waals surface area contributed by atoms with Gasteiger partial charge in [0.25, 0.3) is 0 Å². The quantitative estimate of drug-likeness (QED) is 0.0222. The number of phosphoric ester groups is 2. The summed E-state index contributed by atoms with van der Waals surface area (Å²) in [4.78, 5) is 73.0. The molecule has 5 atom stereocenters. The number of ether oxygens (including phenoxy) is 4. The van der Waals surface area contributed by atoms with Crippen LogP contribution in [0.1, 0.15) is 427 Å². The summed E-state index contributed by atoms with van der Waals surface area (Å²) in [6.07, 6.45) is 61.1. The first kappa shape index (κ1) is 99.1. The molecule has 0 aliphatic carbocycles. The fraction of sp³-hybridized carbons (Fsp3) is 0.951. The first-order valence-corrected chi connectivity index (χ1v) is 45.3. The summed E-state index contributed by atoms with van der Waals surface area (Å²) < 4.78 is 68.7. The topological polar surface area (TPSA) is 237 Å². The van der Waals surface area contributed by atoms with Crippen molar-refractivity contribution in [1.82, 2.24) is 0 Å². The maximum atomic E-state index is 13.1. The van der Waals surface area contributed by atoms with Gasteiger partial charge in [-0.2, -0.15) is 0 Å². The fourth-order valence-corrected chi connectivity index (χ4v) is 14.2. The number of carbonyl (C=O) groups is 4. The maximum absolute atomic E-state index is 13.1. The molecule has 0 saturated heterocycles. The predicted octanol–water partition coefficient (Wildman–Crippen LogP) is 24.5. The van der Waals surface area contributed by atoms with E-state index in [4.69, 9.17) is 37.0 Å². The summed E-state index contributed by atoms with van der Waals surface area (Å²) >= 11 is 0. The van der Waals surface area contributed by atoms with Crippen LogP contribution in [0.2, 0.25) is 0 Å². The number of unbranched alkanes of at least 4 members (excludes halogenated alkanes) is 48. The Morgan fingerprint density at radius 3 is 0.673 bits per heavy atom. The summed E-state index contributed by atoms with van der Waals surface area (Å²) in [6.45, 7) is 12.0. The molecule has 0 saturated carbocycles. The van der Waals surface area contributed by atoms with Crippen molar-refractivity contribution < 1.29 is 80.2 Å². The number of aliphatic hydroxyl groups is 1. The molecule has 600 valence electrons. The fourth-order valence-electron chi connectivity index (χ4n) is 12.7. The molecule has 0 radical (unpaired) electrons. The molecule has 0 rings (SSSR count). The first-order chi connectivity index (χ1) is 48.7. The van der Waals surface area contributed by atoms with Gasteiger partial charge < -0.3 is 33.8 Å². The Morgan fingerprint density at radius 1 is 0.267 bits per heavy atom. The Balaban J connectivity index is 5.23. The van der Waals surface area contributed by atoms with Crippen molar-refractivity contribution in [3.05, 3.63) is 0 Å². The highest BCUT2D eigenvalue weighted by atomic mass is 31.2. The second-order valence-corrected chi connectivity index (χ2v) is 33.8. The Kier molecular flexibility index (Phi) is 70.9. The van der Waals surface area contributed by atoms with E-state index in [0.29, 0.717) is 25.7 Å². The van der Waals surface area contributed by atoms with Gasteiger partial charge in [0.2, 0.25) is 0 Å². The van der Waals surface area contributed by atoms with Crippen molar-refractivity contribution in [3.8, 4) is 0 Å². The van der Waals surface area contributed by atoms with Crippen LogP contribution in [0.3, 0.4) is 0 Å². The second kappa shape index (κ2) is 72.3. The van der Waals surface area contributed by atoms with Crippen LogP contribution in [-0.2, 0) is 65.4 Å². The number of hydrogen-bond acceptors (Lipinski definition) is 15. The number of hydrogen-bond donors (Lipinski definition) is 3. The van der Waals surface area contributed by atoms with E-state index in [9.17, 15) is 43.2 Å². The van der Waals surface area contributed by atoms with Crippen molar-refractivity contribution in [2.75, 3.05) is 39.6 Å². The number of aliphatic hydroxyl groups excluding tert-OH is 1. The minimum atomic E-state index is -4.96. The highest BCUT2D eigenvalue weighted by molar-refractivity contribution is 7.47. The van der Waals surface area contributed by atoms with Crippen LogP contribution >= 0.6 is 15.6 Å². The normalized spacial score (nSPS) is 14.0. The van der Waals surface area contributed by atoms with E-state index in [0.717, 1.165) is 108 Å². The van der Waals surface area contributed by atoms with E-state index in [-0.39, 0.29) is 25.7 Å². The van der Waals surface area contributed by atoms with Crippen LogP contribution in [0.4, 0.5) is 0 Å². The Morgan fingerprint density at radius 2 is 0.455 bits per heavy atom. The van der Waals surface area contributed by atoms with Crippen LogP contribution in [0.15, 0.2) is 0 Å². The Labute approximate surface area is 619 Å². The van der Waals surface area contributed by atoms with Crippen LogP contribution < -0.4 is 0 Å². The first-order valence-electron chi connectivity index (χ1n) is 42.3. The van der Waals surface area contributed by atoms with E-state index in [1.165, 1.54) is 238 Å². The maximum Gasteiger partial charge on any atom is 0.472 e. The molecule has 0 aromatic carbocycles. The lowest BCUT2D eigenvalue weighted by molar-refractivity contribution is -0.161. The van der Waals surface area contributed by atoms with E-state index < -0.39 is 97.5 Å². The number of carbonyl (C=O) groups excluding carboxylic acids is 4. The van der Waals surface area contributed by atoms with E-state index in [1.54, 1.807) is 0 Å². The smallest absolute Gasteiger partial charge is 0.462 e. The molecule has 3 N–H and O–H groups in total. The van der Waals surface area contributed by atoms with Crippen LogP contribution in [0.25, 0.3) is 0 Å². The molecule has 0 fully saturated rings. The standard InChI is InChI=1S/C82H160O17P2/c1-8-9-10-11-12-13-14-22-30-35-44-51-58-65-81(86)99-78(70-93-80(85)64-57-50-43-38-37-41-48-55-62-75(6)7)72-97-101(90,91)95-68-76(83)67-94-100(88,89)96-71-77(69-92-79(84)63-56-49-42-34-29-26-21-24-28-33-40-47-54-61-74(4)5)98-82(87)66-59-52-45-36-31-25-20-18-16-15-17-19-23-27-32-39-46-53-60-73(2)3/h73-78,83H,8-72H2,1-7H3,(H,88,89)(H,90,91)/t76-,77-,78-/m1/s1. The molecule has 19 heteroatoms. The lowest BCUT2D eigenvalue weighted by Gasteiger charge is -2.21. The molecule has 2 unspecified atom stereocenters. The SMILES string of the molecule is CCCCCCCCCCCCCCCC(=O)O[C@H](COC(=O)CCCCCCCCCCC(C)C)COP(=O)(O)OC[C@H](O)COP(=O)(O)OC[C@@H](COC(=O)CCCCCCCCCCCCCCCC(C)C)OC(=O)CCCCCCCCCCCCCCCCCCCCC(C)C. The lowest BCUT2D eigenvalue weighted by Crippen LogP contribution is -2.30. The molecule has 0 aromatic heterocycles. The molecular weight excluding hydrogens is 1320 g/mol. The van der Waals surface area contributed by atoms with Gasteiger partial charge in [-0.05, 0) is 43.4 Å². The van der Waals surface area contributed by atoms with Gasteiger partial charge in [0, 0.05) is 25.7 Å². The molecule has 101 heavy (non-hydrogen) atoms. The van der Waals surface area contributed by atoms with Crippen LogP contribution in [-0.4, -0.2) is 96.7 Å². The van der Waals surface area contributed by atoms with Gasteiger partial charge in [0.1, 0.15) is 19.3 Å². The van der Waals surface area contributed by atoms with E-state index >= 15 is 0 Å². The van der Waals surface area contributed by atoms with E-state index in [2.05, 4.69) is 48.5 Å². The van der Waals surface area contributed by atoms with Crippen molar-refractivity contribution in [2.45, 2.75) is 446 Å². The minimum absolute atomic E-state index is 0.107. The largest absolute Gasteiger partial charge is 0.472 e. The van der Waals surface area contributed by atoms with Crippen molar-refractivity contribution in [3.63, 3.8) is 0 Å². The zero-order valence-electron chi connectivity index (χ0n) is 66.4. The van der Waals surface area contributed by atoms with Gasteiger partial charge in [-0.1, -0.05) is 376 Å². The molecule has 0 amide bonds. The molecule has 0 aliphatic heterocycles. The van der Waals surface area contributed by atoms with Gasteiger partial charge in [-0.25, -0.2) is 9.13 Å². The van der Waals surface area contributed by atoms with Gasteiger partial charge in [0.15, 0.2) is 12.2 Å². The molecule has 17 nitrogen and oxygen atoms in total. The van der Waals surface area contributed by atoms with E-state index in [1.807, 2.05) is 0 Å². The average molecular weight is 1480 g/mol. The summed E-state index contributed by atoms with van der Waals surface area (Å²) in [5.41, 5.74) is 0. The molecular formula is C82H160O17P2. The molecule has 0 spiro atoms. The summed E-state index contributed by atoms with van der Waals surface area (Å²) in [6, 6.07) is 0. The van der Waals surface area contributed by atoms with Gasteiger partial charge in [0.05, 0.1) is 26.4 Å². The number of esters is 4. The molecule has 0 aromatic rings. The third-order valence-corrected chi connectivity index (χ3v) is 21.0. The zero-order valence-corrected chi connectivity index (χ0v) is 68.2. The predicted molar refractivity (Wildman–Crippen MR) is 414 cm³/mol. The minimum Gasteiger partial charge on any atom is -0.462 e. The summed E-state index contributed by atoms with van der Waals surface area (Å²) in [5, 5.41) is 10.6. The monoisotopic (exact) mass is 1480 g/mol. The third kappa shape index (κ3) is 76.1. The van der Waals surface area contributed by atoms with Gasteiger partial charge >= 0.3 is 39.5 Å². The summed E-state index contributed by atoms with van der Waals surface area (Å²) in [5.74, 6) is 0.229. The Bertz CT molecular complexity index is 1960. The molecule has 0 bridgehead atoms. The van der Waals surface area contributed by atoms with Crippen LogP contribution in [0, 0.1) is 17.8 Å². The molecule has 0 heterocycles. The summed E-state index contributed by atoms with van der Waals surface area (Å²) in [7, 11) is -9.92. The third-order valence-electron chi connectivity index (χ3n) is 19.1. The second-order valence-electron chi connectivity index (χ2n) is 30.9. The van der Waals surface area contributed by atoms with Gasteiger partial charge in [-0.15, -0.1) is 0 Å². The Hall–Kier alpha value is -1.94. The molecule has 0 aliphatic rings. The van der Waals surface area contributed by atoms with Crippen molar-refractivity contribution >= 4 is 39.5 Å². The highest BCUT2D eigenvalue weighted by Crippen LogP contribution is 2.45.